The molecule has 0 aliphatic carbocycles. The lowest BCUT2D eigenvalue weighted by Crippen LogP contribution is -1.97. The van der Waals surface area contributed by atoms with Gasteiger partial charge in [0.2, 0.25) is 0 Å². The number of allylic oxidation sites excluding steroid dienone is 4. The summed E-state index contributed by atoms with van der Waals surface area (Å²) < 4.78 is 0. The predicted octanol–water partition coefficient (Wildman–Crippen LogP) is 13.5. The van der Waals surface area contributed by atoms with Crippen LogP contribution in [0.5, 0.6) is 0 Å². The van der Waals surface area contributed by atoms with E-state index < -0.39 is 11.9 Å². The number of fused-ring (bicyclic) bond motifs is 10. The summed E-state index contributed by atoms with van der Waals surface area (Å²) in [6, 6.07) is 34.3. The highest BCUT2D eigenvalue weighted by atomic mass is 16.4. The lowest BCUT2D eigenvalue weighted by molar-refractivity contribution is -0.137. The summed E-state index contributed by atoms with van der Waals surface area (Å²) in [6.45, 7) is 16.1. The number of H-pyrrole nitrogens is 2. The van der Waals surface area contributed by atoms with Gasteiger partial charge in [0.05, 0.1) is 22.8 Å². The number of hydrogen-bond acceptors (Lipinski definition) is 4. The van der Waals surface area contributed by atoms with E-state index in [2.05, 4.69) is 102 Å². The number of benzene rings is 5. The smallest absolute Gasteiger partial charge is 0.303 e. The minimum atomic E-state index is -0.889. The molecule has 0 amide bonds. The van der Waals surface area contributed by atoms with E-state index in [1.54, 1.807) is 0 Å². The highest BCUT2D eigenvalue weighted by molar-refractivity contribution is 6.32. The van der Waals surface area contributed by atoms with Crippen LogP contribution in [0.15, 0.2) is 110 Å². The number of aryl methyl sites for hydroxylation is 2. The summed E-state index contributed by atoms with van der Waals surface area (Å²) in [5, 5.41) is 29.8. The van der Waals surface area contributed by atoms with Crippen LogP contribution in [-0.4, -0.2) is 42.1 Å². The Morgan fingerprint density at radius 1 is 0.532 bits per heavy atom. The number of carboxylic acid groups (broad SMARTS) is 2. The molecule has 62 heavy (non-hydrogen) atoms. The first-order chi connectivity index (χ1) is 29.9. The van der Waals surface area contributed by atoms with Gasteiger partial charge in [-0.15, -0.1) is 0 Å². The van der Waals surface area contributed by atoms with E-state index in [-0.39, 0.29) is 12.8 Å². The van der Waals surface area contributed by atoms with E-state index in [1.165, 1.54) is 43.1 Å². The van der Waals surface area contributed by atoms with Crippen molar-refractivity contribution in [3.8, 4) is 0 Å². The summed E-state index contributed by atoms with van der Waals surface area (Å²) in [5.74, 6) is -1.78. The lowest BCUT2D eigenvalue weighted by atomic mass is 9.90. The number of aliphatic carboxylic acids is 2. The van der Waals surface area contributed by atoms with Crippen molar-refractivity contribution in [1.82, 2.24) is 19.9 Å². The molecule has 306 valence electrons. The van der Waals surface area contributed by atoms with Crippen LogP contribution < -0.4 is 0 Å². The number of hydrogen-bond donors (Lipinski definition) is 4. The summed E-state index contributed by atoms with van der Waals surface area (Å²) >= 11 is 0. The maximum Gasteiger partial charge on any atom is 0.303 e. The van der Waals surface area contributed by atoms with E-state index in [0.29, 0.717) is 24.2 Å². The maximum atomic E-state index is 11.5. The molecule has 0 saturated carbocycles. The van der Waals surface area contributed by atoms with Crippen molar-refractivity contribution in [1.29, 1.82) is 0 Å². The molecule has 0 radical (unpaired) electrons. The fourth-order valence-electron chi connectivity index (χ4n) is 9.35. The molecule has 8 nitrogen and oxygen atoms in total. The van der Waals surface area contributed by atoms with Gasteiger partial charge in [-0.1, -0.05) is 98.1 Å². The molecular weight excluding hydrogens is 769 g/mol. The third-order valence-corrected chi connectivity index (χ3v) is 12.6. The number of nitrogens with zero attached hydrogens (tertiary/aromatic N) is 2. The zero-order chi connectivity index (χ0) is 43.4. The van der Waals surface area contributed by atoms with Gasteiger partial charge in [0.25, 0.3) is 0 Å². The van der Waals surface area contributed by atoms with Gasteiger partial charge in [0, 0.05) is 46.0 Å². The Labute approximate surface area is 358 Å². The number of nitrogens with one attached hydrogen (secondary N) is 2. The van der Waals surface area contributed by atoms with Gasteiger partial charge >= 0.3 is 11.9 Å². The van der Waals surface area contributed by atoms with Crippen LogP contribution in [0.4, 0.5) is 0 Å². The zero-order valence-electron chi connectivity index (χ0n) is 35.2. The van der Waals surface area contributed by atoms with Crippen LogP contribution in [-0.2, 0) is 9.59 Å². The molecule has 2 aliphatic rings. The molecule has 4 N–H and O–H groups in total. The van der Waals surface area contributed by atoms with Crippen molar-refractivity contribution in [2.75, 3.05) is 0 Å². The summed E-state index contributed by atoms with van der Waals surface area (Å²) in [5.41, 5.74) is 13.7. The third kappa shape index (κ3) is 6.83. The molecule has 8 heteroatoms. The normalized spacial score (nSPS) is 12.7. The molecule has 0 fully saturated rings. The fraction of sp³-hybridized carbons (Fsp3) is 0.148. The lowest BCUT2D eigenvalue weighted by Gasteiger charge is -2.13. The van der Waals surface area contributed by atoms with Crippen molar-refractivity contribution in [2.45, 2.75) is 53.4 Å². The van der Waals surface area contributed by atoms with Crippen LogP contribution in [0, 0.1) is 13.8 Å². The Morgan fingerprint density at radius 2 is 0.903 bits per heavy atom. The van der Waals surface area contributed by atoms with E-state index >= 15 is 0 Å². The standard InChI is InChI=1S/C34H34N4O4.C20H12/c1-7-21-17(3)25-13-26-19(5)23(9-11-33(39)40)31(37-26)16-32-24(10-12-34(41)42)20(6)28(38-32)15-30-22(8-2)18(4)27(36-30)14-29(21)35-25;1-5-13-6-2-11-17-18-12-4-8-14-7-3-10-16(20(14)18)15(9-1)19(13)17/h7-8,13-16,35-36H,1-2,9-12H2,3-6H3,(H,39,40)(H,41,42);1-12H. The molecule has 0 saturated heterocycles. The Balaban J connectivity index is 0.000000201. The molecule has 10 rings (SSSR count). The number of carbonyl (C=O) groups is 2. The van der Waals surface area contributed by atoms with Crippen LogP contribution in [0.25, 0.3) is 99.6 Å². The molecular formula is C54H46N4O4. The topological polar surface area (TPSA) is 132 Å². The first-order valence-electron chi connectivity index (χ1n) is 20.8. The second-order valence-corrected chi connectivity index (χ2v) is 16.1. The van der Waals surface area contributed by atoms with Gasteiger partial charge in [0.15, 0.2) is 0 Å². The Hall–Kier alpha value is -7.58. The number of aromatic amines is 2. The highest BCUT2D eigenvalue weighted by Gasteiger charge is 2.23. The molecule has 8 bridgehead atoms. The largest absolute Gasteiger partial charge is 0.481 e. The summed E-state index contributed by atoms with van der Waals surface area (Å²) in [4.78, 5) is 40.0. The first kappa shape index (κ1) is 39.9. The summed E-state index contributed by atoms with van der Waals surface area (Å²) in [6.07, 6.45) is 4.20. The molecule has 0 spiro atoms. The van der Waals surface area contributed by atoms with Gasteiger partial charge in [-0.3, -0.25) is 9.59 Å². The van der Waals surface area contributed by atoms with Gasteiger partial charge < -0.3 is 20.2 Å². The van der Waals surface area contributed by atoms with Gasteiger partial charge in [-0.2, -0.15) is 0 Å². The first-order valence-corrected chi connectivity index (χ1v) is 20.8. The van der Waals surface area contributed by atoms with Crippen molar-refractivity contribution in [2.24, 2.45) is 0 Å². The second-order valence-electron chi connectivity index (χ2n) is 16.1. The van der Waals surface area contributed by atoms with Crippen LogP contribution in [0.2, 0.25) is 0 Å². The second kappa shape index (κ2) is 15.8. The number of carboxylic acids is 2. The monoisotopic (exact) mass is 814 g/mol. The van der Waals surface area contributed by atoms with E-state index in [4.69, 9.17) is 9.97 Å². The molecule has 8 aromatic rings. The van der Waals surface area contributed by atoms with Gasteiger partial charge in [0.1, 0.15) is 0 Å². The minimum absolute atomic E-state index is 0.0367. The van der Waals surface area contributed by atoms with Crippen LogP contribution >= 0.6 is 0 Å². The van der Waals surface area contributed by atoms with Gasteiger partial charge in [-0.05, 0) is 141 Å². The van der Waals surface area contributed by atoms with E-state index in [9.17, 15) is 19.8 Å². The quantitative estimate of drug-likeness (QED) is 0.0892. The van der Waals surface area contributed by atoms with Gasteiger partial charge in [-0.25, -0.2) is 9.97 Å². The molecule has 5 aromatic carbocycles. The molecule has 5 heterocycles. The maximum absolute atomic E-state index is 11.5. The van der Waals surface area contributed by atoms with E-state index in [0.717, 1.165) is 78.0 Å². The fourth-order valence-corrected chi connectivity index (χ4v) is 9.35. The van der Waals surface area contributed by atoms with Crippen molar-refractivity contribution < 1.29 is 19.8 Å². The predicted molar refractivity (Wildman–Crippen MR) is 257 cm³/mol. The van der Waals surface area contributed by atoms with Crippen LogP contribution in [0.1, 0.15) is 84.6 Å². The molecule has 0 unspecified atom stereocenters. The van der Waals surface area contributed by atoms with Crippen molar-refractivity contribution >= 4 is 112 Å². The van der Waals surface area contributed by atoms with E-state index in [1.807, 2.05) is 58.0 Å². The Bertz CT molecular complexity index is 3280. The molecule has 2 aliphatic heterocycles. The highest BCUT2D eigenvalue weighted by Crippen LogP contribution is 2.41. The molecule has 0 atom stereocenters. The average Bonchev–Trinajstić information content (AvgIpc) is 3.93. The average molecular weight is 815 g/mol. The number of rotatable bonds is 8. The summed E-state index contributed by atoms with van der Waals surface area (Å²) in [7, 11) is 0. The van der Waals surface area contributed by atoms with Crippen LogP contribution in [0.3, 0.4) is 0 Å². The molecule has 3 aromatic heterocycles. The third-order valence-electron chi connectivity index (χ3n) is 12.6. The Kier molecular flexibility index (Phi) is 10.2. The SMILES string of the molecule is C=Cc1c(C)c2cc3[nH]c(cc4nc(cc5nc(cc1[nH]2)C(C)=C5CCC(=O)O)C(CCC(=O)O)=C4C)c(C)c3C=C.c1cc2cccc3c4cccc5cccc(c(c1)c23)c54. The van der Waals surface area contributed by atoms with Crippen molar-refractivity contribution in [3.05, 3.63) is 155 Å². The minimum Gasteiger partial charge on any atom is -0.481 e. The zero-order valence-corrected chi connectivity index (χ0v) is 35.2. The number of aromatic nitrogens is 4. The van der Waals surface area contributed by atoms with Crippen molar-refractivity contribution in [3.63, 3.8) is 0 Å². The Morgan fingerprint density at radius 3 is 1.29 bits per heavy atom.